The molecule has 0 saturated heterocycles. The monoisotopic (exact) mass is 303 g/mol. The molecular formula is C17H35O2S. The molecule has 0 unspecified atom stereocenters. The third-order valence-corrected chi connectivity index (χ3v) is 5.31. The number of unbranched alkanes of at least 4 members (excludes halogenated alkanes) is 11. The van der Waals surface area contributed by atoms with E-state index in [2.05, 4.69) is 13.8 Å². The van der Waals surface area contributed by atoms with Crippen molar-refractivity contribution >= 4 is 9.84 Å². The molecule has 121 valence electrons. The Morgan fingerprint density at radius 1 is 0.650 bits per heavy atom. The van der Waals surface area contributed by atoms with Crippen LogP contribution in [0.5, 0.6) is 0 Å². The topological polar surface area (TPSA) is 34.1 Å². The van der Waals surface area contributed by atoms with Crippen LogP contribution in [0.4, 0.5) is 0 Å². The summed E-state index contributed by atoms with van der Waals surface area (Å²) in [5.41, 5.74) is 0. The van der Waals surface area contributed by atoms with E-state index in [9.17, 15) is 8.42 Å². The van der Waals surface area contributed by atoms with Crippen LogP contribution in [-0.2, 0) is 9.84 Å². The highest BCUT2D eigenvalue weighted by atomic mass is 32.2. The van der Waals surface area contributed by atoms with Crippen LogP contribution in [0.2, 0.25) is 0 Å². The number of sulfone groups is 1. The van der Waals surface area contributed by atoms with Gasteiger partial charge in [0.05, 0.1) is 11.5 Å². The van der Waals surface area contributed by atoms with Crippen LogP contribution >= 0.6 is 0 Å². The van der Waals surface area contributed by atoms with E-state index in [1.54, 1.807) is 0 Å². The molecule has 0 heterocycles. The molecule has 0 saturated carbocycles. The van der Waals surface area contributed by atoms with E-state index in [4.69, 9.17) is 0 Å². The van der Waals surface area contributed by atoms with Gasteiger partial charge in [-0.2, -0.15) is 0 Å². The van der Waals surface area contributed by atoms with Crippen LogP contribution in [0.3, 0.4) is 0 Å². The van der Waals surface area contributed by atoms with E-state index in [0.29, 0.717) is 5.75 Å². The van der Waals surface area contributed by atoms with Gasteiger partial charge >= 0.3 is 0 Å². The van der Waals surface area contributed by atoms with Gasteiger partial charge in [0, 0.05) is 0 Å². The van der Waals surface area contributed by atoms with E-state index >= 15 is 0 Å². The second-order valence-electron chi connectivity index (χ2n) is 5.86. The molecule has 0 rings (SSSR count). The number of hydrogen-bond donors (Lipinski definition) is 0. The zero-order valence-electron chi connectivity index (χ0n) is 13.7. The fourth-order valence-corrected chi connectivity index (χ4v) is 3.64. The summed E-state index contributed by atoms with van der Waals surface area (Å²) in [6, 6.07) is 0. The van der Waals surface area contributed by atoms with Crippen LogP contribution in [0, 0.1) is 5.75 Å². The largest absolute Gasteiger partial charge is 0.229 e. The van der Waals surface area contributed by atoms with Gasteiger partial charge in [-0.3, -0.25) is 0 Å². The van der Waals surface area contributed by atoms with Gasteiger partial charge in [-0.25, -0.2) is 8.42 Å². The highest BCUT2D eigenvalue weighted by Crippen LogP contribution is 2.12. The maximum atomic E-state index is 11.7. The van der Waals surface area contributed by atoms with E-state index in [1.165, 1.54) is 57.1 Å². The SMILES string of the molecule is CCCC[CH]S(=O)(=O)CCCCCCCCCCCC. The average molecular weight is 304 g/mol. The summed E-state index contributed by atoms with van der Waals surface area (Å²) in [5, 5.41) is 0. The van der Waals surface area contributed by atoms with Crippen molar-refractivity contribution in [1.29, 1.82) is 0 Å². The predicted octanol–water partition coefficient (Wildman–Crippen LogP) is 5.67. The lowest BCUT2D eigenvalue weighted by molar-refractivity contribution is 0.558. The Labute approximate surface area is 127 Å². The second-order valence-corrected chi connectivity index (χ2v) is 7.93. The lowest BCUT2D eigenvalue weighted by Gasteiger charge is -2.04. The smallest absolute Gasteiger partial charge is 0.154 e. The Morgan fingerprint density at radius 3 is 1.60 bits per heavy atom. The molecule has 3 heteroatoms. The maximum Gasteiger partial charge on any atom is 0.154 e. The summed E-state index contributed by atoms with van der Waals surface area (Å²) in [5.74, 6) is 1.89. The Bertz CT molecular complexity index is 283. The molecule has 0 aromatic heterocycles. The highest BCUT2D eigenvalue weighted by molar-refractivity contribution is 7.93. The van der Waals surface area contributed by atoms with Gasteiger partial charge in [0.15, 0.2) is 9.84 Å². The molecule has 0 bridgehead atoms. The minimum atomic E-state index is -2.89. The van der Waals surface area contributed by atoms with Crippen LogP contribution < -0.4 is 0 Å². The fourth-order valence-electron chi connectivity index (χ4n) is 2.34. The van der Waals surface area contributed by atoms with Gasteiger partial charge in [0.2, 0.25) is 0 Å². The molecule has 0 aromatic carbocycles. The fraction of sp³-hybridized carbons (Fsp3) is 0.941. The van der Waals surface area contributed by atoms with Gasteiger partial charge in [-0.05, 0) is 12.8 Å². The van der Waals surface area contributed by atoms with Gasteiger partial charge in [0.1, 0.15) is 0 Å². The predicted molar refractivity (Wildman–Crippen MR) is 89.5 cm³/mol. The molecule has 1 radical (unpaired) electrons. The van der Waals surface area contributed by atoms with Crippen LogP contribution in [0.1, 0.15) is 97.3 Å². The van der Waals surface area contributed by atoms with E-state index in [0.717, 1.165) is 32.1 Å². The summed E-state index contributed by atoms with van der Waals surface area (Å²) in [7, 11) is -2.89. The first-order chi connectivity index (χ1) is 9.62. The summed E-state index contributed by atoms with van der Waals surface area (Å²) in [6.07, 6.45) is 15.2. The van der Waals surface area contributed by atoms with Crippen molar-refractivity contribution in [2.45, 2.75) is 97.3 Å². The van der Waals surface area contributed by atoms with E-state index < -0.39 is 9.84 Å². The second kappa shape index (κ2) is 13.9. The third-order valence-electron chi connectivity index (χ3n) is 3.71. The lowest BCUT2D eigenvalue weighted by Crippen LogP contribution is -2.06. The third kappa shape index (κ3) is 14.4. The van der Waals surface area contributed by atoms with Crippen molar-refractivity contribution in [2.24, 2.45) is 0 Å². The van der Waals surface area contributed by atoms with Crippen LogP contribution in [-0.4, -0.2) is 14.2 Å². The van der Waals surface area contributed by atoms with Gasteiger partial charge in [-0.1, -0.05) is 84.5 Å². The molecule has 0 aliphatic carbocycles. The van der Waals surface area contributed by atoms with Gasteiger partial charge in [-0.15, -0.1) is 0 Å². The molecular weight excluding hydrogens is 268 g/mol. The first-order valence-corrected chi connectivity index (χ1v) is 10.4. The Kier molecular flexibility index (Phi) is 13.9. The quantitative estimate of drug-likeness (QED) is 0.365. The van der Waals surface area contributed by atoms with Crippen LogP contribution in [0.15, 0.2) is 0 Å². The van der Waals surface area contributed by atoms with Crippen LogP contribution in [0.25, 0.3) is 0 Å². The first-order valence-electron chi connectivity index (χ1n) is 8.68. The minimum Gasteiger partial charge on any atom is -0.229 e. The highest BCUT2D eigenvalue weighted by Gasteiger charge is 2.09. The Morgan fingerprint density at radius 2 is 1.10 bits per heavy atom. The van der Waals surface area contributed by atoms with Crippen molar-refractivity contribution in [3.63, 3.8) is 0 Å². The molecule has 0 spiro atoms. The van der Waals surface area contributed by atoms with Crippen molar-refractivity contribution < 1.29 is 8.42 Å². The number of rotatable bonds is 15. The molecule has 0 aliphatic heterocycles. The zero-order valence-corrected chi connectivity index (χ0v) is 14.5. The molecule has 0 aliphatic rings. The molecule has 0 N–H and O–H groups in total. The molecule has 2 nitrogen and oxygen atoms in total. The summed E-state index contributed by atoms with van der Waals surface area (Å²) >= 11 is 0. The van der Waals surface area contributed by atoms with Crippen molar-refractivity contribution in [2.75, 3.05) is 5.75 Å². The standard InChI is InChI=1S/C17H35O2S/c1-3-5-7-8-9-10-11-12-13-15-17-20(18,19)16-14-6-4-2/h16H,3-15,17H2,1-2H3. The summed E-state index contributed by atoms with van der Waals surface area (Å²) in [6.45, 7) is 4.33. The van der Waals surface area contributed by atoms with Crippen molar-refractivity contribution in [3.05, 3.63) is 5.75 Å². The molecule has 0 aromatic rings. The van der Waals surface area contributed by atoms with Crippen molar-refractivity contribution in [3.8, 4) is 0 Å². The minimum absolute atomic E-state index is 0.354. The van der Waals surface area contributed by atoms with Gasteiger partial charge in [0.25, 0.3) is 0 Å². The Balaban J connectivity index is 3.30. The molecule has 0 amide bonds. The summed E-state index contributed by atoms with van der Waals surface area (Å²) in [4.78, 5) is 0. The Hall–Kier alpha value is -0.0500. The molecule has 0 atom stereocenters. The first kappa shape index (κ1) is 19.9. The summed E-state index contributed by atoms with van der Waals surface area (Å²) < 4.78 is 23.4. The van der Waals surface area contributed by atoms with Crippen molar-refractivity contribution in [1.82, 2.24) is 0 Å². The molecule has 20 heavy (non-hydrogen) atoms. The lowest BCUT2D eigenvalue weighted by atomic mass is 10.1. The zero-order chi connectivity index (χ0) is 15.1. The normalized spacial score (nSPS) is 11.9. The molecule has 0 fully saturated rings. The van der Waals surface area contributed by atoms with E-state index in [1.807, 2.05) is 0 Å². The number of hydrogen-bond acceptors (Lipinski definition) is 2. The maximum absolute atomic E-state index is 11.7. The average Bonchev–Trinajstić information content (AvgIpc) is 2.41. The van der Waals surface area contributed by atoms with E-state index in [-0.39, 0.29) is 0 Å². The van der Waals surface area contributed by atoms with Gasteiger partial charge < -0.3 is 0 Å².